The Balaban J connectivity index is 2.42. The number of nitro groups is 1. The molecule has 0 radical (unpaired) electrons. The molecule has 0 saturated heterocycles. The lowest BCUT2D eigenvalue weighted by Gasteiger charge is -2.10. The molecular weight excluding hydrogens is 282 g/mol. The molecule has 1 aromatic heterocycles. The molecule has 0 bridgehead atoms. The van der Waals surface area contributed by atoms with Crippen molar-refractivity contribution in [3.63, 3.8) is 0 Å². The van der Waals surface area contributed by atoms with Gasteiger partial charge in [-0.3, -0.25) is 4.57 Å². The molecule has 21 heavy (non-hydrogen) atoms. The first kappa shape index (κ1) is 14.3. The second kappa shape index (κ2) is 5.49. The third-order valence-electron chi connectivity index (χ3n) is 2.66. The van der Waals surface area contributed by atoms with Crippen molar-refractivity contribution in [2.75, 3.05) is 7.11 Å². The molecule has 9 heteroatoms. The Bertz CT molecular complexity index is 709. The summed E-state index contributed by atoms with van der Waals surface area (Å²) in [6.45, 7) is 0. The third-order valence-corrected chi connectivity index (χ3v) is 2.66. The fourth-order valence-electron chi connectivity index (χ4n) is 1.64. The lowest BCUT2D eigenvalue weighted by molar-refractivity contribution is -0.390. The van der Waals surface area contributed by atoms with Crippen molar-refractivity contribution in [1.82, 2.24) is 9.55 Å². The van der Waals surface area contributed by atoms with E-state index in [1.807, 2.05) is 0 Å². The van der Waals surface area contributed by atoms with E-state index in [0.29, 0.717) is 0 Å². The average Bonchev–Trinajstić information content (AvgIpc) is 2.80. The summed E-state index contributed by atoms with van der Waals surface area (Å²) in [6.07, 6.45) is 1.24. The molecule has 0 saturated carbocycles. The summed E-state index contributed by atoms with van der Waals surface area (Å²) in [5.41, 5.74) is 0.0127. The summed E-state index contributed by atoms with van der Waals surface area (Å²) in [5.74, 6) is -1.35. The molecule has 0 unspecified atom stereocenters. The van der Waals surface area contributed by atoms with Crippen LogP contribution in [0.5, 0.6) is 17.4 Å². The van der Waals surface area contributed by atoms with Crippen LogP contribution in [0.15, 0.2) is 24.5 Å². The molecule has 0 aliphatic carbocycles. The van der Waals surface area contributed by atoms with E-state index in [2.05, 4.69) is 4.98 Å². The molecule has 0 aliphatic heterocycles. The Morgan fingerprint density at radius 1 is 1.43 bits per heavy atom. The number of ether oxygens (including phenoxy) is 2. The van der Waals surface area contributed by atoms with Gasteiger partial charge < -0.3 is 24.7 Å². The maximum absolute atomic E-state index is 10.9. The van der Waals surface area contributed by atoms with E-state index in [-0.39, 0.29) is 22.9 Å². The van der Waals surface area contributed by atoms with Crippen LogP contribution in [0.1, 0.15) is 10.4 Å². The van der Waals surface area contributed by atoms with Crippen molar-refractivity contribution in [1.29, 1.82) is 0 Å². The smallest absolute Gasteiger partial charge is 0.427 e. The summed E-state index contributed by atoms with van der Waals surface area (Å²) in [5, 5.41) is 19.8. The Labute approximate surface area is 118 Å². The van der Waals surface area contributed by atoms with E-state index in [4.69, 9.17) is 14.6 Å². The molecule has 0 spiro atoms. The molecular formula is C12H11N3O6. The molecule has 2 rings (SSSR count). The van der Waals surface area contributed by atoms with Crippen LogP contribution in [0.25, 0.3) is 0 Å². The van der Waals surface area contributed by atoms with Gasteiger partial charge in [0.05, 0.1) is 12.7 Å². The number of carbonyl (C=O) groups is 1. The minimum absolute atomic E-state index is 0.0127. The van der Waals surface area contributed by atoms with Crippen LogP contribution in [0, 0.1) is 10.1 Å². The van der Waals surface area contributed by atoms with Crippen molar-refractivity contribution < 1.29 is 24.3 Å². The highest BCUT2D eigenvalue weighted by Gasteiger charge is 2.24. The zero-order valence-corrected chi connectivity index (χ0v) is 11.1. The van der Waals surface area contributed by atoms with Crippen LogP contribution in [-0.4, -0.2) is 32.7 Å². The Hall–Kier alpha value is -3.10. The first-order chi connectivity index (χ1) is 9.93. The van der Waals surface area contributed by atoms with Crippen molar-refractivity contribution >= 4 is 11.8 Å². The Morgan fingerprint density at radius 2 is 2.14 bits per heavy atom. The predicted molar refractivity (Wildman–Crippen MR) is 69.9 cm³/mol. The van der Waals surface area contributed by atoms with Crippen LogP contribution >= 0.6 is 0 Å². The quantitative estimate of drug-likeness (QED) is 0.660. The maximum Gasteiger partial charge on any atom is 0.427 e. The fraction of sp³-hybridized carbons (Fsp3) is 0.167. The highest BCUT2D eigenvalue weighted by molar-refractivity contribution is 5.88. The summed E-state index contributed by atoms with van der Waals surface area (Å²) in [6, 6.07) is 3.93. The van der Waals surface area contributed by atoms with Gasteiger partial charge in [-0.15, -0.1) is 0 Å². The first-order valence-corrected chi connectivity index (χ1v) is 5.69. The maximum atomic E-state index is 10.9. The number of aromatic nitrogens is 2. The Morgan fingerprint density at radius 3 is 2.71 bits per heavy atom. The van der Waals surface area contributed by atoms with Gasteiger partial charge in [-0.1, -0.05) is 0 Å². The van der Waals surface area contributed by atoms with Crippen LogP contribution < -0.4 is 9.47 Å². The summed E-state index contributed by atoms with van der Waals surface area (Å²) in [4.78, 5) is 24.7. The number of carboxylic acids is 1. The minimum atomic E-state index is -1.12. The van der Waals surface area contributed by atoms with Gasteiger partial charge in [0.1, 0.15) is 0 Å². The Kier molecular flexibility index (Phi) is 3.74. The van der Waals surface area contributed by atoms with Crippen LogP contribution in [0.4, 0.5) is 5.82 Å². The van der Waals surface area contributed by atoms with Crippen molar-refractivity contribution in [2.45, 2.75) is 0 Å². The lowest BCUT2D eigenvalue weighted by Crippen LogP contribution is -2.00. The van der Waals surface area contributed by atoms with E-state index in [1.165, 1.54) is 43.3 Å². The van der Waals surface area contributed by atoms with Crippen LogP contribution in [-0.2, 0) is 7.05 Å². The summed E-state index contributed by atoms with van der Waals surface area (Å²) >= 11 is 0. The van der Waals surface area contributed by atoms with Gasteiger partial charge in [0.2, 0.25) is 6.33 Å². The molecule has 9 nitrogen and oxygen atoms in total. The van der Waals surface area contributed by atoms with E-state index in [0.717, 1.165) is 0 Å². The number of benzene rings is 1. The number of imidazole rings is 1. The van der Waals surface area contributed by atoms with E-state index in [9.17, 15) is 14.9 Å². The van der Waals surface area contributed by atoms with E-state index in [1.54, 1.807) is 0 Å². The third kappa shape index (κ3) is 2.76. The van der Waals surface area contributed by atoms with Crippen molar-refractivity contribution in [3.8, 4) is 17.4 Å². The zero-order valence-electron chi connectivity index (χ0n) is 11.1. The van der Waals surface area contributed by atoms with Crippen molar-refractivity contribution in [3.05, 3.63) is 40.2 Å². The highest BCUT2D eigenvalue weighted by atomic mass is 16.6. The fourth-order valence-corrected chi connectivity index (χ4v) is 1.64. The number of methoxy groups -OCH3 is 1. The van der Waals surface area contributed by atoms with Gasteiger partial charge in [0.25, 0.3) is 0 Å². The minimum Gasteiger partial charge on any atom is -0.493 e. The van der Waals surface area contributed by atoms with Gasteiger partial charge in [-0.2, -0.15) is 0 Å². The second-order valence-electron chi connectivity index (χ2n) is 4.01. The van der Waals surface area contributed by atoms with E-state index < -0.39 is 16.7 Å². The molecule has 1 aromatic carbocycles. The monoisotopic (exact) mass is 293 g/mol. The van der Waals surface area contributed by atoms with Gasteiger partial charge >= 0.3 is 17.7 Å². The van der Waals surface area contributed by atoms with Crippen LogP contribution in [0.3, 0.4) is 0 Å². The number of aryl methyl sites for hydroxylation is 1. The van der Waals surface area contributed by atoms with Gasteiger partial charge in [0.15, 0.2) is 11.5 Å². The molecule has 0 aliphatic rings. The predicted octanol–water partition coefficient (Wildman–Crippen LogP) is 1.83. The average molecular weight is 293 g/mol. The van der Waals surface area contributed by atoms with Crippen molar-refractivity contribution in [2.24, 2.45) is 7.05 Å². The largest absolute Gasteiger partial charge is 0.493 e. The zero-order chi connectivity index (χ0) is 15.6. The molecule has 0 atom stereocenters. The van der Waals surface area contributed by atoms with Gasteiger partial charge in [-0.05, 0) is 28.1 Å². The molecule has 110 valence electrons. The molecule has 0 amide bonds. The second-order valence-corrected chi connectivity index (χ2v) is 4.01. The number of aromatic carboxylic acids is 1. The first-order valence-electron chi connectivity index (χ1n) is 5.69. The lowest BCUT2D eigenvalue weighted by atomic mass is 10.2. The number of hydrogen-bond donors (Lipinski definition) is 1. The topological polar surface area (TPSA) is 117 Å². The summed E-state index contributed by atoms with van der Waals surface area (Å²) in [7, 11) is 2.87. The standard InChI is InChI=1S/C12H11N3O6/c1-14-6-13-10(15(18)19)11(14)21-8-4-3-7(12(16)17)5-9(8)20-2/h3-6H,1-2H3,(H,16,17). The van der Waals surface area contributed by atoms with E-state index >= 15 is 0 Å². The highest BCUT2D eigenvalue weighted by Crippen LogP contribution is 2.35. The number of hydrogen-bond acceptors (Lipinski definition) is 6. The number of nitrogens with zero attached hydrogens (tertiary/aromatic N) is 3. The number of rotatable bonds is 5. The molecule has 1 heterocycles. The number of carboxylic acid groups (broad SMARTS) is 1. The summed E-state index contributed by atoms with van der Waals surface area (Å²) < 4.78 is 11.8. The molecule has 2 aromatic rings. The molecule has 1 N–H and O–H groups in total. The van der Waals surface area contributed by atoms with Gasteiger partial charge in [-0.25, -0.2) is 4.79 Å². The SMILES string of the molecule is COc1cc(C(=O)O)ccc1Oc1c([N+](=O)[O-])ncn1C. The molecule has 0 fully saturated rings. The normalized spacial score (nSPS) is 10.2. The van der Waals surface area contributed by atoms with Crippen LogP contribution in [0.2, 0.25) is 0 Å². The van der Waals surface area contributed by atoms with Gasteiger partial charge in [0, 0.05) is 7.05 Å².